The molecule has 0 atom stereocenters. The molecule has 0 aliphatic rings. The summed E-state index contributed by atoms with van der Waals surface area (Å²) in [5, 5.41) is 3.92. The second-order valence-electron chi connectivity index (χ2n) is 4.61. The second kappa shape index (κ2) is 5.86. The van der Waals surface area contributed by atoms with Gasteiger partial charge in [-0.2, -0.15) is 4.98 Å². The van der Waals surface area contributed by atoms with Gasteiger partial charge < -0.3 is 10.1 Å². The van der Waals surface area contributed by atoms with Gasteiger partial charge in [0.05, 0.1) is 5.39 Å². The van der Waals surface area contributed by atoms with Crippen LogP contribution in [0.4, 0.5) is 24.7 Å². The Morgan fingerprint density at radius 3 is 2.52 bits per heavy atom. The molecule has 2 aromatic heterocycles. The molecule has 1 N–H and O–H groups in total. The Balaban J connectivity index is 1.87. The van der Waals surface area contributed by atoms with E-state index in [2.05, 4.69) is 20.0 Å². The first kappa shape index (κ1) is 15.8. The van der Waals surface area contributed by atoms with Crippen molar-refractivity contribution in [3.63, 3.8) is 0 Å². The second-order valence-corrected chi connectivity index (χ2v) is 6.19. The maximum atomic E-state index is 12.1. The summed E-state index contributed by atoms with van der Waals surface area (Å²) in [7, 11) is 0. The van der Waals surface area contributed by atoms with E-state index in [9.17, 15) is 13.2 Å². The lowest BCUT2D eigenvalue weighted by molar-refractivity contribution is -0.274. The van der Waals surface area contributed by atoms with E-state index in [1.807, 2.05) is 13.0 Å². The number of thiophene rings is 1. The van der Waals surface area contributed by atoms with Crippen molar-refractivity contribution >= 4 is 44.7 Å². The lowest BCUT2D eigenvalue weighted by atomic mass is 10.3. The van der Waals surface area contributed by atoms with Gasteiger partial charge in [0, 0.05) is 10.6 Å². The summed E-state index contributed by atoms with van der Waals surface area (Å²) >= 11 is 7.38. The van der Waals surface area contributed by atoms with Gasteiger partial charge in [0.1, 0.15) is 16.4 Å². The Bertz CT molecular complexity index is 849. The predicted octanol–water partition coefficient (Wildman–Crippen LogP) is 5.30. The highest BCUT2D eigenvalue weighted by Gasteiger charge is 2.30. The van der Waals surface area contributed by atoms with Crippen LogP contribution in [0, 0.1) is 6.92 Å². The molecule has 0 unspecified atom stereocenters. The number of aryl methyl sites for hydroxylation is 1. The summed E-state index contributed by atoms with van der Waals surface area (Å²) in [4.78, 5) is 10.1. The SMILES string of the molecule is Cc1cc2c(Nc3ccc(OC(F)(F)F)cc3)nc(Cl)nc2s1. The molecular formula is C14H9ClF3N3OS. The van der Waals surface area contributed by atoms with E-state index in [1.165, 1.54) is 35.6 Å². The van der Waals surface area contributed by atoms with Gasteiger partial charge in [0.2, 0.25) is 5.28 Å². The van der Waals surface area contributed by atoms with Crippen LogP contribution < -0.4 is 10.1 Å². The molecule has 1 aromatic carbocycles. The zero-order chi connectivity index (χ0) is 16.6. The van der Waals surface area contributed by atoms with E-state index in [0.29, 0.717) is 11.5 Å². The Hall–Kier alpha value is -2.06. The van der Waals surface area contributed by atoms with E-state index >= 15 is 0 Å². The third kappa shape index (κ3) is 3.83. The smallest absolute Gasteiger partial charge is 0.406 e. The molecule has 0 saturated heterocycles. The number of fused-ring (bicyclic) bond motifs is 1. The topological polar surface area (TPSA) is 47.0 Å². The molecule has 23 heavy (non-hydrogen) atoms. The van der Waals surface area contributed by atoms with Gasteiger partial charge in [-0.25, -0.2) is 4.98 Å². The molecule has 0 spiro atoms. The molecular weight excluding hydrogens is 351 g/mol. The fraction of sp³-hybridized carbons (Fsp3) is 0.143. The zero-order valence-electron chi connectivity index (χ0n) is 11.6. The van der Waals surface area contributed by atoms with Crippen LogP contribution in [0.2, 0.25) is 5.28 Å². The number of nitrogens with one attached hydrogen (secondary N) is 1. The van der Waals surface area contributed by atoms with Crippen molar-refractivity contribution in [3.8, 4) is 5.75 Å². The highest BCUT2D eigenvalue weighted by atomic mass is 35.5. The minimum absolute atomic E-state index is 0.0962. The van der Waals surface area contributed by atoms with Crippen LogP contribution in [0.1, 0.15) is 4.88 Å². The van der Waals surface area contributed by atoms with E-state index in [-0.39, 0.29) is 11.0 Å². The van der Waals surface area contributed by atoms with Gasteiger partial charge in [0.15, 0.2) is 0 Å². The standard InChI is InChI=1S/C14H9ClF3N3OS/c1-7-6-10-11(20-13(15)21-12(10)23-7)19-8-2-4-9(5-3-8)22-14(16,17)18/h2-6H,1H3,(H,19,20,21). The van der Waals surface area contributed by atoms with Crippen molar-refractivity contribution in [2.45, 2.75) is 13.3 Å². The van der Waals surface area contributed by atoms with E-state index in [1.54, 1.807) is 0 Å². The number of nitrogens with zero attached hydrogens (tertiary/aromatic N) is 2. The number of aromatic nitrogens is 2. The molecule has 0 aliphatic carbocycles. The van der Waals surface area contributed by atoms with Crippen LogP contribution in [-0.4, -0.2) is 16.3 Å². The molecule has 0 aliphatic heterocycles. The van der Waals surface area contributed by atoms with Crippen LogP contribution >= 0.6 is 22.9 Å². The first-order valence-electron chi connectivity index (χ1n) is 6.37. The van der Waals surface area contributed by atoms with Crippen LogP contribution in [0.3, 0.4) is 0 Å². The number of rotatable bonds is 3. The summed E-state index contributed by atoms with van der Waals surface area (Å²) in [5.41, 5.74) is 0.555. The molecule has 0 fully saturated rings. The monoisotopic (exact) mass is 359 g/mol. The molecule has 9 heteroatoms. The third-order valence-corrected chi connectivity index (χ3v) is 3.95. The Morgan fingerprint density at radius 1 is 1.17 bits per heavy atom. The number of hydrogen-bond donors (Lipinski definition) is 1. The van der Waals surface area contributed by atoms with Gasteiger partial charge in [0.25, 0.3) is 0 Å². The molecule has 120 valence electrons. The fourth-order valence-electron chi connectivity index (χ4n) is 1.99. The number of alkyl halides is 3. The van der Waals surface area contributed by atoms with Gasteiger partial charge in [-0.15, -0.1) is 24.5 Å². The molecule has 0 saturated carbocycles. The van der Waals surface area contributed by atoms with Crippen LogP contribution in [0.15, 0.2) is 30.3 Å². The van der Waals surface area contributed by atoms with Gasteiger partial charge in [-0.3, -0.25) is 0 Å². The van der Waals surface area contributed by atoms with Crippen LogP contribution in [0.5, 0.6) is 5.75 Å². The van der Waals surface area contributed by atoms with Gasteiger partial charge in [-0.05, 0) is 48.9 Å². The molecule has 0 bridgehead atoms. The number of ether oxygens (including phenoxy) is 1. The number of benzene rings is 1. The minimum Gasteiger partial charge on any atom is -0.406 e. The van der Waals surface area contributed by atoms with Crippen molar-refractivity contribution in [3.05, 3.63) is 40.5 Å². The molecule has 3 aromatic rings. The Morgan fingerprint density at radius 2 is 1.87 bits per heavy atom. The summed E-state index contributed by atoms with van der Waals surface area (Å²) in [6.45, 7) is 1.94. The van der Waals surface area contributed by atoms with Crippen LogP contribution in [0.25, 0.3) is 10.2 Å². The molecule has 3 rings (SSSR count). The van der Waals surface area contributed by atoms with Crippen LogP contribution in [-0.2, 0) is 0 Å². The van der Waals surface area contributed by atoms with Crippen molar-refractivity contribution in [2.75, 3.05) is 5.32 Å². The third-order valence-electron chi connectivity index (χ3n) is 2.84. The van der Waals surface area contributed by atoms with Crippen molar-refractivity contribution < 1.29 is 17.9 Å². The molecule has 2 heterocycles. The van der Waals surface area contributed by atoms with E-state index < -0.39 is 6.36 Å². The summed E-state index contributed by atoms with van der Waals surface area (Å²) in [6.07, 6.45) is -4.71. The highest BCUT2D eigenvalue weighted by Crippen LogP contribution is 2.32. The molecule has 0 radical (unpaired) electrons. The zero-order valence-corrected chi connectivity index (χ0v) is 13.2. The fourth-order valence-corrected chi connectivity index (χ4v) is 3.09. The largest absolute Gasteiger partial charge is 0.573 e. The Kier molecular flexibility index (Phi) is 4.03. The first-order chi connectivity index (χ1) is 10.8. The number of halogens is 4. The van der Waals surface area contributed by atoms with Crippen molar-refractivity contribution in [1.29, 1.82) is 0 Å². The van der Waals surface area contributed by atoms with Crippen molar-refractivity contribution in [1.82, 2.24) is 9.97 Å². The summed E-state index contributed by atoms with van der Waals surface area (Å²) < 4.78 is 40.3. The summed E-state index contributed by atoms with van der Waals surface area (Å²) in [6, 6.07) is 7.27. The van der Waals surface area contributed by atoms with Gasteiger partial charge >= 0.3 is 6.36 Å². The Labute approximate surface area is 137 Å². The molecule has 0 amide bonds. The average Bonchev–Trinajstić information content (AvgIpc) is 2.79. The maximum absolute atomic E-state index is 12.1. The van der Waals surface area contributed by atoms with E-state index in [4.69, 9.17) is 11.6 Å². The minimum atomic E-state index is -4.71. The maximum Gasteiger partial charge on any atom is 0.573 e. The first-order valence-corrected chi connectivity index (χ1v) is 7.56. The average molecular weight is 360 g/mol. The summed E-state index contributed by atoms with van der Waals surface area (Å²) in [5.74, 6) is 0.203. The normalized spacial score (nSPS) is 11.7. The lowest BCUT2D eigenvalue weighted by Crippen LogP contribution is -2.16. The quantitative estimate of drug-likeness (QED) is 0.645. The van der Waals surface area contributed by atoms with E-state index in [0.717, 1.165) is 15.1 Å². The van der Waals surface area contributed by atoms with Gasteiger partial charge in [-0.1, -0.05) is 0 Å². The van der Waals surface area contributed by atoms with Crippen molar-refractivity contribution in [2.24, 2.45) is 0 Å². The lowest BCUT2D eigenvalue weighted by Gasteiger charge is -2.10. The predicted molar refractivity (Wildman–Crippen MR) is 83.6 cm³/mol. The number of anilines is 2. The molecule has 4 nitrogen and oxygen atoms in total. The highest BCUT2D eigenvalue weighted by molar-refractivity contribution is 7.18. The number of hydrogen-bond acceptors (Lipinski definition) is 5.